The number of nitrogens with zero attached hydrogens (tertiary/aromatic N) is 6. The van der Waals surface area contributed by atoms with E-state index in [4.69, 9.17) is 16.1 Å². The minimum Gasteiger partial charge on any atom is -0.360 e. The van der Waals surface area contributed by atoms with Crippen LogP contribution in [-0.2, 0) is 4.79 Å². The van der Waals surface area contributed by atoms with E-state index in [-0.39, 0.29) is 23.6 Å². The second kappa shape index (κ2) is 9.68. The van der Waals surface area contributed by atoms with Crippen molar-refractivity contribution in [2.75, 3.05) is 0 Å². The van der Waals surface area contributed by atoms with Gasteiger partial charge in [0.1, 0.15) is 22.5 Å². The van der Waals surface area contributed by atoms with Crippen LogP contribution in [0.25, 0.3) is 21.8 Å². The van der Waals surface area contributed by atoms with Crippen LogP contribution in [0.1, 0.15) is 54.9 Å². The van der Waals surface area contributed by atoms with Crippen LogP contribution >= 0.6 is 11.6 Å². The van der Waals surface area contributed by atoms with Crippen molar-refractivity contribution in [1.29, 1.82) is 0 Å². The Balaban J connectivity index is 1.35. The summed E-state index contributed by atoms with van der Waals surface area (Å²) in [5.74, 6) is 0.814. The molecule has 11 heteroatoms. The molecule has 1 N–H and O–H groups in total. The van der Waals surface area contributed by atoms with Gasteiger partial charge < -0.3 is 14.4 Å². The van der Waals surface area contributed by atoms with Crippen molar-refractivity contribution in [2.24, 2.45) is 0 Å². The van der Waals surface area contributed by atoms with E-state index in [1.807, 2.05) is 47.0 Å². The molecule has 0 bridgehead atoms. The molecule has 10 nitrogen and oxygen atoms in total. The molecule has 1 aliphatic rings. The number of hydrogen-bond donors (Lipinski definition) is 1. The number of aryl methyl sites for hydroxylation is 2. The Kier molecular flexibility index (Phi) is 6.19. The van der Waals surface area contributed by atoms with E-state index in [1.165, 1.54) is 4.68 Å². The Morgan fingerprint density at radius 1 is 1.11 bits per heavy atom. The number of rotatable bonds is 5. The Labute approximate surface area is 222 Å². The van der Waals surface area contributed by atoms with Gasteiger partial charge in [-0.3, -0.25) is 9.59 Å². The third-order valence-corrected chi connectivity index (χ3v) is 7.72. The van der Waals surface area contributed by atoms with E-state index >= 15 is 0 Å². The second-order valence-corrected chi connectivity index (χ2v) is 10.2. The Morgan fingerprint density at radius 2 is 1.92 bits per heavy atom. The SMILES string of the molecule is Cc1onc2c1c(=O)n(C1CCCC(NC(=O)C(c3ccccc3)n3nnnc3C)C1)c1cccc(Cl)c21. The fraction of sp³-hybridized carbons (Fsp3) is 0.333. The highest BCUT2D eigenvalue weighted by Crippen LogP contribution is 2.35. The average Bonchev–Trinajstić information content (AvgIpc) is 3.51. The molecule has 0 aliphatic heterocycles. The quantitative estimate of drug-likeness (QED) is 0.359. The number of benzene rings is 2. The molecule has 194 valence electrons. The van der Waals surface area contributed by atoms with Gasteiger partial charge in [-0.05, 0) is 67.7 Å². The van der Waals surface area contributed by atoms with Crippen LogP contribution in [0.15, 0.2) is 57.8 Å². The standard InChI is InChI=1S/C27H26ClN7O3/c1-15-22-24(31-38-15)23-20(28)12-7-13-21(23)34(27(22)37)19-11-6-10-18(14-19)29-26(36)25(17-8-4-3-5-9-17)35-16(2)30-32-33-35/h3-5,7-9,12-13,18-19,25H,6,10-11,14H2,1-2H3,(H,29,36). The normalized spacial score (nSPS) is 18.6. The van der Waals surface area contributed by atoms with Gasteiger partial charge in [-0.2, -0.15) is 0 Å². The number of carbonyl (C=O) groups is 1. The van der Waals surface area contributed by atoms with Gasteiger partial charge in [-0.15, -0.1) is 5.10 Å². The lowest BCUT2D eigenvalue weighted by Crippen LogP contribution is -2.44. The lowest BCUT2D eigenvalue weighted by atomic mass is 9.89. The topological polar surface area (TPSA) is 121 Å². The number of aromatic nitrogens is 6. The number of nitrogens with one attached hydrogen (secondary N) is 1. The van der Waals surface area contributed by atoms with Gasteiger partial charge in [0.05, 0.1) is 10.5 Å². The summed E-state index contributed by atoms with van der Waals surface area (Å²) in [4.78, 5) is 27.4. The summed E-state index contributed by atoms with van der Waals surface area (Å²) in [5.41, 5.74) is 1.83. The summed E-state index contributed by atoms with van der Waals surface area (Å²) in [7, 11) is 0. The predicted octanol–water partition coefficient (Wildman–Crippen LogP) is 4.29. The van der Waals surface area contributed by atoms with E-state index in [2.05, 4.69) is 26.0 Å². The van der Waals surface area contributed by atoms with Crippen molar-refractivity contribution in [1.82, 2.24) is 35.2 Å². The Hall–Kier alpha value is -4.05. The maximum absolute atomic E-state index is 13.8. The minimum atomic E-state index is -0.704. The summed E-state index contributed by atoms with van der Waals surface area (Å²) in [6, 6.07) is 14.0. The van der Waals surface area contributed by atoms with Gasteiger partial charge in [0, 0.05) is 17.5 Å². The van der Waals surface area contributed by atoms with Crippen molar-refractivity contribution in [3.63, 3.8) is 0 Å². The number of fused-ring (bicyclic) bond motifs is 3. The summed E-state index contributed by atoms with van der Waals surface area (Å²) < 4.78 is 8.74. The van der Waals surface area contributed by atoms with E-state index in [0.29, 0.717) is 44.8 Å². The number of carbonyl (C=O) groups excluding carboxylic acids is 1. The molecule has 6 rings (SSSR count). The molecule has 0 spiro atoms. The van der Waals surface area contributed by atoms with E-state index in [1.54, 1.807) is 19.9 Å². The van der Waals surface area contributed by atoms with Crippen molar-refractivity contribution in [2.45, 2.75) is 57.7 Å². The zero-order valence-corrected chi connectivity index (χ0v) is 21.7. The van der Waals surface area contributed by atoms with E-state index in [9.17, 15) is 9.59 Å². The van der Waals surface area contributed by atoms with Crippen LogP contribution < -0.4 is 10.9 Å². The molecule has 1 amide bonds. The first-order valence-electron chi connectivity index (χ1n) is 12.6. The van der Waals surface area contributed by atoms with Crippen molar-refractivity contribution >= 4 is 39.3 Å². The van der Waals surface area contributed by atoms with E-state index in [0.717, 1.165) is 24.8 Å². The summed E-state index contributed by atoms with van der Waals surface area (Å²) in [6.45, 7) is 3.50. The van der Waals surface area contributed by atoms with Crippen LogP contribution in [0.3, 0.4) is 0 Å². The molecule has 3 atom stereocenters. The predicted molar refractivity (Wildman–Crippen MR) is 142 cm³/mol. The highest BCUT2D eigenvalue weighted by molar-refractivity contribution is 6.37. The molecule has 1 aliphatic carbocycles. The Bertz CT molecular complexity index is 1710. The lowest BCUT2D eigenvalue weighted by Gasteiger charge is -2.33. The minimum absolute atomic E-state index is 0.133. The van der Waals surface area contributed by atoms with Crippen molar-refractivity contribution in [3.05, 3.63) is 81.1 Å². The maximum atomic E-state index is 13.8. The van der Waals surface area contributed by atoms with Crippen LogP contribution in [-0.4, -0.2) is 41.9 Å². The number of amides is 1. The Morgan fingerprint density at radius 3 is 2.68 bits per heavy atom. The summed E-state index contributed by atoms with van der Waals surface area (Å²) in [5, 5.41) is 20.8. The molecular weight excluding hydrogens is 506 g/mol. The maximum Gasteiger partial charge on any atom is 0.264 e. The average molecular weight is 532 g/mol. The van der Waals surface area contributed by atoms with Gasteiger partial charge in [-0.25, -0.2) is 4.68 Å². The largest absolute Gasteiger partial charge is 0.360 e. The fourth-order valence-electron chi connectivity index (χ4n) is 5.66. The van der Waals surface area contributed by atoms with E-state index < -0.39 is 6.04 Å². The van der Waals surface area contributed by atoms with Crippen molar-refractivity contribution < 1.29 is 9.32 Å². The molecule has 3 heterocycles. The van der Waals surface area contributed by atoms with Crippen molar-refractivity contribution in [3.8, 4) is 0 Å². The molecule has 2 aromatic carbocycles. The summed E-state index contributed by atoms with van der Waals surface area (Å²) >= 11 is 6.59. The first-order valence-corrected chi connectivity index (χ1v) is 13.0. The zero-order chi connectivity index (χ0) is 26.4. The monoisotopic (exact) mass is 531 g/mol. The lowest BCUT2D eigenvalue weighted by molar-refractivity contribution is -0.124. The number of pyridine rings is 1. The molecule has 5 aromatic rings. The molecule has 1 saturated carbocycles. The molecule has 1 fully saturated rings. The highest BCUT2D eigenvalue weighted by Gasteiger charge is 2.32. The van der Waals surface area contributed by atoms with Gasteiger partial charge in [0.15, 0.2) is 6.04 Å². The highest BCUT2D eigenvalue weighted by atomic mass is 35.5. The molecule has 0 radical (unpaired) electrons. The van der Waals surface area contributed by atoms with Gasteiger partial charge in [0.25, 0.3) is 5.56 Å². The first-order chi connectivity index (χ1) is 18.4. The second-order valence-electron chi connectivity index (χ2n) is 9.78. The van der Waals surface area contributed by atoms with Crippen LogP contribution in [0.4, 0.5) is 0 Å². The van der Waals surface area contributed by atoms with Gasteiger partial charge in [0.2, 0.25) is 5.91 Å². The van der Waals surface area contributed by atoms with Crippen LogP contribution in [0.2, 0.25) is 5.02 Å². The molecular formula is C27H26ClN7O3. The number of hydrogen-bond acceptors (Lipinski definition) is 7. The molecule has 3 aromatic heterocycles. The zero-order valence-electron chi connectivity index (χ0n) is 21.0. The number of tetrazole rings is 1. The smallest absolute Gasteiger partial charge is 0.264 e. The van der Waals surface area contributed by atoms with Crippen LogP contribution in [0.5, 0.6) is 0 Å². The molecule has 3 unspecified atom stereocenters. The molecule has 38 heavy (non-hydrogen) atoms. The van der Waals surface area contributed by atoms with Crippen LogP contribution in [0, 0.1) is 13.8 Å². The number of halogens is 1. The third-order valence-electron chi connectivity index (χ3n) is 7.41. The third kappa shape index (κ3) is 4.05. The molecule has 0 saturated heterocycles. The summed E-state index contributed by atoms with van der Waals surface area (Å²) in [6.07, 6.45) is 3.06. The van der Waals surface area contributed by atoms with Gasteiger partial charge >= 0.3 is 0 Å². The first kappa shape index (κ1) is 24.3. The van der Waals surface area contributed by atoms with Gasteiger partial charge in [-0.1, -0.05) is 53.2 Å². The fourth-order valence-corrected chi connectivity index (χ4v) is 5.92.